The predicted octanol–water partition coefficient (Wildman–Crippen LogP) is 4.84. The molecule has 35 heavy (non-hydrogen) atoms. The van der Waals surface area contributed by atoms with Crippen LogP contribution < -0.4 is 0 Å². The number of esters is 3. The van der Waals surface area contributed by atoms with Gasteiger partial charge in [0.1, 0.15) is 36.6 Å². The molecule has 0 N–H and O–H groups in total. The first-order chi connectivity index (χ1) is 15.6. The molecule has 0 aliphatic carbocycles. The number of carbonyl (C=O) groups excluding carboxylic acids is 3. The number of rotatable bonds is 15. The fourth-order valence-electron chi connectivity index (χ4n) is 2.13. The Bertz CT molecular complexity index is 784. The van der Waals surface area contributed by atoms with Gasteiger partial charge in [-0.1, -0.05) is 19.7 Å². The number of hydrogen-bond acceptors (Lipinski definition) is 10. The highest BCUT2D eigenvalue weighted by Crippen LogP contribution is 2.58. The maximum atomic E-state index is 13.9. The van der Waals surface area contributed by atoms with Crippen LogP contribution in [0.15, 0.2) is 36.5 Å². The van der Waals surface area contributed by atoms with E-state index in [2.05, 4.69) is 19.7 Å². The summed E-state index contributed by atoms with van der Waals surface area (Å²) in [5.41, 5.74) is -3.48. The molecule has 11 heteroatoms. The summed E-state index contributed by atoms with van der Waals surface area (Å²) in [6, 6.07) is 0. The first-order valence-corrected chi connectivity index (χ1v) is 12.3. The van der Waals surface area contributed by atoms with Gasteiger partial charge < -0.3 is 14.2 Å². The van der Waals surface area contributed by atoms with Gasteiger partial charge in [0.2, 0.25) is 0 Å². The van der Waals surface area contributed by atoms with Crippen molar-refractivity contribution in [2.24, 2.45) is 0 Å². The van der Waals surface area contributed by atoms with Crippen LogP contribution in [-0.4, -0.2) is 54.5 Å². The Hall–Kier alpha value is -2.26. The number of phosphoric ester groups is 1. The third-order valence-corrected chi connectivity index (χ3v) is 5.93. The summed E-state index contributed by atoms with van der Waals surface area (Å²) in [6.07, 6.45) is 0. The molecule has 0 aromatic rings. The monoisotopic (exact) mass is 518 g/mol. The summed E-state index contributed by atoms with van der Waals surface area (Å²) in [5, 5.41) is 0. The molecule has 0 aliphatic rings. The van der Waals surface area contributed by atoms with Crippen molar-refractivity contribution < 1.29 is 46.7 Å². The first-order valence-electron chi connectivity index (χ1n) is 10.8. The van der Waals surface area contributed by atoms with Gasteiger partial charge >= 0.3 is 25.7 Å². The minimum absolute atomic E-state index is 0.178. The summed E-state index contributed by atoms with van der Waals surface area (Å²) >= 11 is 0. The largest absolute Gasteiger partial charge is 0.476 e. The predicted molar refractivity (Wildman–Crippen MR) is 130 cm³/mol. The molecule has 0 aliphatic heterocycles. The van der Waals surface area contributed by atoms with E-state index in [4.69, 9.17) is 27.8 Å². The zero-order valence-corrected chi connectivity index (χ0v) is 23.2. The van der Waals surface area contributed by atoms with E-state index in [1.54, 1.807) is 0 Å². The minimum atomic E-state index is -4.48. The second kappa shape index (κ2) is 12.6. The summed E-state index contributed by atoms with van der Waals surface area (Å²) in [5.74, 6) is -1.97. The lowest BCUT2D eigenvalue weighted by atomic mass is 10.2. The van der Waals surface area contributed by atoms with Crippen molar-refractivity contribution in [3.63, 3.8) is 0 Å². The van der Waals surface area contributed by atoms with Crippen molar-refractivity contribution in [1.82, 2.24) is 0 Å². The fraction of sp³-hybridized carbons (Fsp3) is 0.625. The summed E-state index contributed by atoms with van der Waals surface area (Å²) < 4.78 is 46.4. The van der Waals surface area contributed by atoms with Gasteiger partial charge in [-0.25, -0.2) is 18.9 Å². The summed E-state index contributed by atoms with van der Waals surface area (Å²) in [6.45, 7) is 23.2. The topological polar surface area (TPSA) is 124 Å². The average Bonchev–Trinajstić information content (AvgIpc) is 2.66. The van der Waals surface area contributed by atoms with E-state index >= 15 is 0 Å². The summed E-state index contributed by atoms with van der Waals surface area (Å²) in [7, 11) is -4.48. The Balaban J connectivity index is 5.81. The fourth-order valence-corrected chi connectivity index (χ4v) is 4.22. The van der Waals surface area contributed by atoms with Crippen LogP contribution in [0.3, 0.4) is 0 Å². The maximum absolute atomic E-state index is 13.9. The Morgan fingerprint density at radius 2 is 0.771 bits per heavy atom. The SMILES string of the molecule is C=C(C)C(=O)OCC(C)(C)OP(=O)(OC(C)(C)COC(=O)C(=C)C)OC(C)(C)COC(=O)C(=C)C. The third-order valence-electron chi connectivity index (χ3n) is 3.77. The van der Waals surface area contributed by atoms with Crippen LogP contribution >= 0.6 is 7.82 Å². The lowest BCUT2D eigenvalue weighted by molar-refractivity contribution is -0.150. The minimum Gasteiger partial charge on any atom is -0.459 e. The highest BCUT2D eigenvalue weighted by Gasteiger charge is 2.45. The number of hydrogen-bond donors (Lipinski definition) is 0. The molecule has 0 spiro atoms. The standard InChI is InChI=1S/C24H39O10P/c1-16(2)19(25)29-13-22(7,8)32-35(28,33-23(9,10)14-30-20(26)17(3)4)34-24(11,12)15-31-21(27)18(5)6/h1,3,5,13-15H2,2,4,6-12H3. The molecule has 200 valence electrons. The lowest BCUT2D eigenvalue weighted by Crippen LogP contribution is -2.39. The molecule has 0 heterocycles. The lowest BCUT2D eigenvalue weighted by Gasteiger charge is -2.37. The average molecular weight is 519 g/mol. The van der Waals surface area contributed by atoms with E-state index in [0.717, 1.165) is 0 Å². The number of phosphoric acid groups is 1. The van der Waals surface area contributed by atoms with Crippen LogP contribution in [0.4, 0.5) is 0 Å². The molecule has 0 fully saturated rings. The normalized spacial score (nSPS) is 12.5. The number of carbonyl (C=O) groups is 3. The Morgan fingerprint density at radius 3 is 0.943 bits per heavy atom. The van der Waals surface area contributed by atoms with E-state index in [1.165, 1.54) is 62.3 Å². The van der Waals surface area contributed by atoms with Crippen LogP contribution in [0.25, 0.3) is 0 Å². The molecule has 0 radical (unpaired) electrons. The second-order valence-electron chi connectivity index (χ2n) is 10.1. The van der Waals surface area contributed by atoms with Gasteiger partial charge in [0.05, 0.1) is 0 Å². The van der Waals surface area contributed by atoms with E-state index in [0.29, 0.717) is 0 Å². The zero-order chi connectivity index (χ0) is 27.8. The Labute approximate surface area is 208 Å². The van der Waals surface area contributed by atoms with Crippen molar-refractivity contribution in [2.75, 3.05) is 19.8 Å². The zero-order valence-electron chi connectivity index (χ0n) is 22.3. The molecule has 0 unspecified atom stereocenters. The maximum Gasteiger partial charge on any atom is 0.476 e. The molecule has 0 atom stereocenters. The van der Waals surface area contributed by atoms with Crippen molar-refractivity contribution in [1.29, 1.82) is 0 Å². The molecule has 0 aromatic carbocycles. The molecular formula is C24H39O10P. The van der Waals surface area contributed by atoms with Crippen LogP contribution in [0.5, 0.6) is 0 Å². The van der Waals surface area contributed by atoms with Crippen molar-refractivity contribution in [3.05, 3.63) is 36.5 Å². The third kappa shape index (κ3) is 13.4. The van der Waals surface area contributed by atoms with Gasteiger partial charge in [0, 0.05) is 16.7 Å². The van der Waals surface area contributed by atoms with Crippen molar-refractivity contribution in [3.8, 4) is 0 Å². The Kier molecular flexibility index (Phi) is 11.8. The van der Waals surface area contributed by atoms with Gasteiger partial charge in [0.25, 0.3) is 0 Å². The molecule has 0 aromatic heterocycles. The molecular weight excluding hydrogens is 479 g/mol. The summed E-state index contributed by atoms with van der Waals surface area (Å²) in [4.78, 5) is 35.4. The van der Waals surface area contributed by atoms with Crippen molar-refractivity contribution >= 4 is 25.7 Å². The number of ether oxygens (including phenoxy) is 3. The van der Waals surface area contributed by atoms with E-state index in [-0.39, 0.29) is 36.5 Å². The van der Waals surface area contributed by atoms with Crippen LogP contribution in [0.2, 0.25) is 0 Å². The smallest absolute Gasteiger partial charge is 0.459 e. The molecule has 10 nitrogen and oxygen atoms in total. The molecule has 0 saturated heterocycles. The van der Waals surface area contributed by atoms with Gasteiger partial charge in [-0.05, 0) is 62.3 Å². The quantitative estimate of drug-likeness (QED) is 0.129. The highest BCUT2D eigenvalue weighted by atomic mass is 31.2. The second-order valence-corrected chi connectivity index (χ2v) is 11.5. The van der Waals surface area contributed by atoms with Crippen LogP contribution in [-0.2, 0) is 46.7 Å². The van der Waals surface area contributed by atoms with E-state index < -0.39 is 42.5 Å². The Morgan fingerprint density at radius 1 is 0.571 bits per heavy atom. The van der Waals surface area contributed by atoms with Gasteiger partial charge in [-0.2, -0.15) is 0 Å². The van der Waals surface area contributed by atoms with E-state index in [9.17, 15) is 18.9 Å². The molecule has 0 amide bonds. The molecule has 0 saturated carbocycles. The first kappa shape index (κ1) is 32.7. The highest BCUT2D eigenvalue weighted by molar-refractivity contribution is 7.48. The van der Waals surface area contributed by atoms with Gasteiger partial charge in [-0.3, -0.25) is 13.6 Å². The van der Waals surface area contributed by atoms with Crippen LogP contribution in [0, 0.1) is 0 Å². The van der Waals surface area contributed by atoms with E-state index in [1.807, 2.05) is 0 Å². The molecule has 0 bridgehead atoms. The van der Waals surface area contributed by atoms with Crippen LogP contribution in [0.1, 0.15) is 62.3 Å². The van der Waals surface area contributed by atoms with Gasteiger partial charge in [0.15, 0.2) is 0 Å². The van der Waals surface area contributed by atoms with Crippen molar-refractivity contribution in [2.45, 2.75) is 79.1 Å². The molecule has 0 rings (SSSR count). The van der Waals surface area contributed by atoms with Gasteiger partial charge in [-0.15, -0.1) is 0 Å².